The average Bonchev–Trinajstić information content (AvgIpc) is 2.35. The van der Waals surface area contributed by atoms with E-state index in [1.807, 2.05) is 13.8 Å². The van der Waals surface area contributed by atoms with E-state index in [0.29, 0.717) is 6.54 Å². The molecule has 1 aromatic rings. The van der Waals surface area contributed by atoms with Gasteiger partial charge in [0.05, 0.1) is 12.1 Å². The van der Waals surface area contributed by atoms with Crippen LogP contribution in [-0.2, 0) is 10.3 Å². The summed E-state index contributed by atoms with van der Waals surface area (Å²) < 4.78 is 0. The van der Waals surface area contributed by atoms with E-state index in [1.54, 1.807) is 0 Å². The zero-order valence-corrected chi connectivity index (χ0v) is 12.8. The molecule has 19 heavy (non-hydrogen) atoms. The summed E-state index contributed by atoms with van der Waals surface area (Å²) in [5.41, 5.74) is 2.03. The molecule has 0 heterocycles. The standard InChI is InChI=1S/C16H26N2O/c1-6-18(7-2)12-15(19)17-16(4,5)14-10-8-13(3)9-11-14/h8-11H,6-7,12H2,1-5H3,(H,17,19). The molecule has 0 spiro atoms. The maximum Gasteiger partial charge on any atom is 0.234 e. The third-order valence-electron chi connectivity index (χ3n) is 3.49. The number of rotatable bonds is 6. The zero-order valence-electron chi connectivity index (χ0n) is 12.8. The minimum atomic E-state index is -0.335. The Kier molecular flexibility index (Phi) is 5.55. The predicted octanol–water partition coefficient (Wildman–Crippen LogP) is 2.69. The molecule has 3 nitrogen and oxygen atoms in total. The van der Waals surface area contributed by atoms with Gasteiger partial charge in [0.1, 0.15) is 0 Å². The third-order valence-corrected chi connectivity index (χ3v) is 3.49. The predicted molar refractivity (Wildman–Crippen MR) is 80.1 cm³/mol. The van der Waals surface area contributed by atoms with Gasteiger partial charge in [-0.05, 0) is 39.4 Å². The number of nitrogens with zero attached hydrogens (tertiary/aromatic N) is 1. The molecule has 1 N–H and O–H groups in total. The number of hydrogen-bond donors (Lipinski definition) is 1. The van der Waals surface area contributed by atoms with Crippen molar-refractivity contribution in [3.63, 3.8) is 0 Å². The summed E-state index contributed by atoms with van der Waals surface area (Å²) in [7, 11) is 0. The van der Waals surface area contributed by atoms with Gasteiger partial charge in [-0.25, -0.2) is 0 Å². The van der Waals surface area contributed by atoms with Gasteiger partial charge < -0.3 is 5.32 Å². The summed E-state index contributed by atoms with van der Waals surface area (Å²) in [6.07, 6.45) is 0. The molecule has 0 aromatic heterocycles. The molecule has 0 aliphatic rings. The first-order valence-corrected chi connectivity index (χ1v) is 6.99. The molecule has 0 bridgehead atoms. The number of amides is 1. The molecule has 0 saturated carbocycles. The van der Waals surface area contributed by atoms with Crippen molar-refractivity contribution in [2.24, 2.45) is 0 Å². The molecule has 0 atom stereocenters. The van der Waals surface area contributed by atoms with Crippen molar-refractivity contribution in [2.75, 3.05) is 19.6 Å². The maximum atomic E-state index is 12.1. The van der Waals surface area contributed by atoms with Gasteiger partial charge in [0.15, 0.2) is 0 Å². The molecule has 0 saturated heterocycles. The lowest BCUT2D eigenvalue weighted by Gasteiger charge is -2.28. The summed E-state index contributed by atoms with van der Waals surface area (Å²) in [6, 6.07) is 8.31. The number of nitrogens with one attached hydrogen (secondary N) is 1. The van der Waals surface area contributed by atoms with E-state index >= 15 is 0 Å². The Hall–Kier alpha value is -1.35. The first-order valence-electron chi connectivity index (χ1n) is 6.99. The molecular weight excluding hydrogens is 236 g/mol. The second-order valence-corrected chi connectivity index (χ2v) is 5.50. The Labute approximate surface area is 117 Å². The van der Waals surface area contributed by atoms with Crippen molar-refractivity contribution in [1.29, 1.82) is 0 Å². The second-order valence-electron chi connectivity index (χ2n) is 5.50. The highest BCUT2D eigenvalue weighted by Crippen LogP contribution is 2.20. The van der Waals surface area contributed by atoms with Gasteiger partial charge in [-0.15, -0.1) is 0 Å². The van der Waals surface area contributed by atoms with E-state index in [1.165, 1.54) is 5.56 Å². The van der Waals surface area contributed by atoms with Gasteiger partial charge >= 0.3 is 0 Å². The molecule has 1 amide bonds. The fourth-order valence-corrected chi connectivity index (χ4v) is 2.08. The SMILES string of the molecule is CCN(CC)CC(=O)NC(C)(C)c1ccc(C)cc1. The molecule has 0 fully saturated rings. The molecule has 0 aliphatic carbocycles. The fourth-order valence-electron chi connectivity index (χ4n) is 2.08. The van der Waals surface area contributed by atoms with Gasteiger partial charge in [-0.1, -0.05) is 43.7 Å². The summed E-state index contributed by atoms with van der Waals surface area (Å²) in [5.74, 6) is 0.0780. The first kappa shape index (κ1) is 15.7. The molecule has 1 rings (SSSR count). The lowest BCUT2D eigenvalue weighted by atomic mass is 9.93. The fraction of sp³-hybridized carbons (Fsp3) is 0.562. The van der Waals surface area contributed by atoms with Crippen LogP contribution in [0.5, 0.6) is 0 Å². The Morgan fingerprint density at radius 2 is 1.68 bits per heavy atom. The first-order chi connectivity index (χ1) is 8.89. The average molecular weight is 262 g/mol. The molecule has 0 radical (unpaired) electrons. The number of benzene rings is 1. The normalized spacial score (nSPS) is 11.7. The van der Waals surface area contributed by atoms with Crippen molar-refractivity contribution >= 4 is 5.91 Å². The lowest BCUT2D eigenvalue weighted by molar-refractivity contribution is -0.123. The Morgan fingerprint density at radius 1 is 1.16 bits per heavy atom. The van der Waals surface area contributed by atoms with Gasteiger partial charge in [0, 0.05) is 0 Å². The monoisotopic (exact) mass is 262 g/mol. The quantitative estimate of drug-likeness (QED) is 0.855. The van der Waals surface area contributed by atoms with E-state index in [0.717, 1.165) is 18.7 Å². The van der Waals surface area contributed by atoms with Crippen LogP contribution in [0.15, 0.2) is 24.3 Å². The van der Waals surface area contributed by atoms with Gasteiger partial charge in [0.25, 0.3) is 0 Å². The molecule has 0 unspecified atom stereocenters. The summed E-state index contributed by atoms with van der Waals surface area (Å²) in [6.45, 7) is 12.5. The highest BCUT2D eigenvalue weighted by atomic mass is 16.2. The molecular formula is C16H26N2O. The molecule has 1 aromatic carbocycles. The minimum absolute atomic E-state index is 0.0780. The molecule has 106 valence electrons. The van der Waals surface area contributed by atoms with Crippen LogP contribution >= 0.6 is 0 Å². The van der Waals surface area contributed by atoms with Crippen LogP contribution in [0.25, 0.3) is 0 Å². The highest BCUT2D eigenvalue weighted by molar-refractivity contribution is 5.79. The van der Waals surface area contributed by atoms with Crippen molar-refractivity contribution < 1.29 is 4.79 Å². The number of hydrogen-bond acceptors (Lipinski definition) is 2. The van der Waals surface area contributed by atoms with Crippen LogP contribution < -0.4 is 5.32 Å². The topological polar surface area (TPSA) is 32.3 Å². The van der Waals surface area contributed by atoms with Crippen LogP contribution in [0.1, 0.15) is 38.8 Å². The second kappa shape index (κ2) is 6.71. The summed E-state index contributed by atoms with van der Waals surface area (Å²) in [5, 5.41) is 3.11. The molecule has 3 heteroatoms. The lowest BCUT2D eigenvalue weighted by Crippen LogP contribution is -2.46. The number of carbonyl (C=O) groups is 1. The zero-order chi connectivity index (χ0) is 14.5. The van der Waals surface area contributed by atoms with Gasteiger partial charge in [0.2, 0.25) is 5.91 Å². The largest absolute Gasteiger partial charge is 0.346 e. The van der Waals surface area contributed by atoms with E-state index in [4.69, 9.17) is 0 Å². The van der Waals surface area contributed by atoms with E-state index in [2.05, 4.69) is 55.3 Å². The maximum absolute atomic E-state index is 12.1. The Bertz CT molecular complexity index is 405. The van der Waals surface area contributed by atoms with Crippen LogP contribution in [0, 0.1) is 6.92 Å². The Balaban J connectivity index is 2.68. The van der Waals surface area contributed by atoms with E-state index in [-0.39, 0.29) is 11.4 Å². The van der Waals surface area contributed by atoms with E-state index < -0.39 is 0 Å². The van der Waals surface area contributed by atoms with E-state index in [9.17, 15) is 4.79 Å². The van der Waals surface area contributed by atoms with Gasteiger partial charge in [-0.2, -0.15) is 0 Å². The van der Waals surface area contributed by atoms with Crippen molar-refractivity contribution in [3.8, 4) is 0 Å². The summed E-state index contributed by atoms with van der Waals surface area (Å²) in [4.78, 5) is 14.2. The van der Waals surface area contributed by atoms with Crippen molar-refractivity contribution in [3.05, 3.63) is 35.4 Å². The molecule has 0 aliphatic heterocycles. The van der Waals surface area contributed by atoms with Crippen LogP contribution in [-0.4, -0.2) is 30.4 Å². The smallest absolute Gasteiger partial charge is 0.234 e. The van der Waals surface area contributed by atoms with Gasteiger partial charge in [-0.3, -0.25) is 9.69 Å². The Morgan fingerprint density at radius 3 is 2.16 bits per heavy atom. The number of carbonyl (C=O) groups excluding carboxylic acids is 1. The van der Waals surface area contributed by atoms with Crippen LogP contribution in [0.2, 0.25) is 0 Å². The minimum Gasteiger partial charge on any atom is -0.346 e. The number of aryl methyl sites for hydroxylation is 1. The van der Waals surface area contributed by atoms with Crippen molar-refractivity contribution in [2.45, 2.75) is 40.2 Å². The highest BCUT2D eigenvalue weighted by Gasteiger charge is 2.23. The number of likely N-dealkylation sites (N-methyl/N-ethyl adjacent to an activating group) is 1. The third kappa shape index (κ3) is 4.67. The van der Waals surface area contributed by atoms with Crippen molar-refractivity contribution in [1.82, 2.24) is 10.2 Å². The summed E-state index contributed by atoms with van der Waals surface area (Å²) >= 11 is 0. The van der Waals surface area contributed by atoms with Crippen LogP contribution in [0.4, 0.5) is 0 Å². The van der Waals surface area contributed by atoms with Crippen LogP contribution in [0.3, 0.4) is 0 Å².